The number of rotatable bonds is 5. The average Bonchev–Trinajstić information content (AvgIpc) is 3.26. The maximum Gasteiger partial charge on any atom is 0.374 e. The minimum Gasteiger partial charge on any atom is -0.450 e. The quantitative estimate of drug-likeness (QED) is 0.765. The highest BCUT2D eigenvalue weighted by Gasteiger charge is 2.16. The van der Waals surface area contributed by atoms with Gasteiger partial charge in [-0.3, -0.25) is 4.79 Å². The van der Waals surface area contributed by atoms with E-state index in [2.05, 4.69) is 32.2 Å². The van der Waals surface area contributed by atoms with Gasteiger partial charge in [0, 0.05) is 24.5 Å². The first-order valence-corrected chi connectivity index (χ1v) is 8.90. The first-order valence-electron chi connectivity index (χ1n) is 8.11. The third-order valence-electron chi connectivity index (χ3n) is 4.06. The molecule has 6 nitrogen and oxygen atoms in total. The molecule has 7 heteroatoms. The summed E-state index contributed by atoms with van der Waals surface area (Å²) in [5.41, 5.74) is 2.85. The standard InChI is InChI=1S/C18H19BrN2O4/c1-12-10-13(21-8-2-3-9-21)4-5-14(12)20-17(22)11-24-18(23)15-6-7-16(19)25-15/h4-7,10H,2-3,8-9,11H2,1H3,(H,20,22). The zero-order valence-corrected chi connectivity index (χ0v) is 15.5. The summed E-state index contributed by atoms with van der Waals surface area (Å²) >= 11 is 3.11. The van der Waals surface area contributed by atoms with Gasteiger partial charge in [-0.2, -0.15) is 0 Å². The lowest BCUT2D eigenvalue weighted by Gasteiger charge is -2.19. The van der Waals surface area contributed by atoms with Crippen molar-refractivity contribution in [3.8, 4) is 0 Å². The molecule has 2 aromatic rings. The molecule has 0 bridgehead atoms. The lowest BCUT2D eigenvalue weighted by atomic mass is 10.1. The zero-order valence-electron chi connectivity index (χ0n) is 13.9. The van der Waals surface area contributed by atoms with E-state index in [1.807, 2.05) is 19.1 Å². The topological polar surface area (TPSA) is 71.8 Å². The van der Waals surface area contributed by atoms with Crippen molar-refractivity contribution in [1.29, 1.82) is 0 Å². The van der Waals surface area contributed by atoms with Gasteiger partial charge in [0.2, 0.25) is 5.76 Å². The normalized spacial score (nSPS) is 13.8. The highest BCUT2D eigenvalue weighted by Crippen LogP contribution is 2.25. The summed E-state index contributed by atoms with van der Waals surface area (Å²) < 4.78 is 10.5. The molecule has 1 aliphatic rings. The Bertz CT molecular complexity index is 781. The van der Waals surface area contributed by atoms with Gasteiger partial charge in [0.25, 0.3) is 5.91 Å². The van der Waals surface area contributed by atoms with Crippen LogP contribution < -0.4 is 10.2 Å². The number of nitrogens with zero attached hydrogens (tertiary/aromatic N) is 1. The van der Waals surface area contributed by atoms with Crippen LogP contribution in [0.4, 0.5) is 11.4 Å². The predicted octanol–water partition coefficient (Wildman–Crippen LogP) is 3.75. The van der Waals surface area contributed by atoms with Crippen LogP contribution in [0, 0.1) is 6.92 Å². The number of hydrogen-bond donors (Lipinski definition) is 1. The van der Waals surface area contributed by atoms with E-state index in [1.165, 1.54) is 24.6 Å². The molecule has 0 saturated carbocycles. The summed E-state index contributed by atoms with van der Waals surface area (Å²) in [5.74, 6) is -1.02. The third kappa shape index (κ3) is 4.42. The highest BCUT2D eigenvalue weighted by atomic mass is 79.9. The van der Waals surface area contributed by atoms with E-state index in [4.69, 9.17) is 9.15 Å². The van der Waals surface area contributed by atoms with Gasteiger partial charge in [0.1, 0.15) is 0 Å². The predicted molar refractivity (Wildman–Crippen MR) is 97.9 cm³/mol. The average molecular weight is 407 g/mol. The van der Waals surface area contributed by atoms with E-state index < -0.39 is 11.9 Å². The molecule has 0 aliphatic carbocycles. The van der Waals surface area contributed by atoms with Crippen LogP contribution in [0.1, 0.15) is 29.0 Å². The molecule has 1 N–H and O–H groups in total. The van der Waals surface area contributed by atoms with Crippen molar-refractivity contribution in [3.05, 3.63) is 46.3 Å². The van der Waals surface area contributed by atoms with Gasteiger partial charge >= 0.3 is 5.97 Å². The van der Waals surface area contributed by atoms with E-state index >= 15 is 0 Å². The molecule has 1 aromatic heterocycles. The number of ether oxygens (including phenoxy) is 1. The van der Waals surface area contributed by atoms with E-state index in [0.717, 1.165) is 18.7 Å². The molecule has 0 unspecified atom stereocenters. The Morgan fingerprint density at radius 1 is 1.24 bits per heavy atom. The van der Waals surface area contributed by atoms with Crippen LogP contribution in [0.25, 0.3) is 0 Å². The molecule has 0 atom stereocenters. The van der Waals surface area contributed by atoms with Crippen molar-refractivity contribution >= 4 is 39.2 Å². The first kappa shape index (κ1) is 17.5. The molecule has 1 saturated heterocycles. The molecule has 3 rings (SSSR count). The minimum absolute atomic E-state index is 0.0471. The van der Waals surface area contributed by atoms with Crippen molar-refractivity contribution in [3.63, 3.8) is 0 Å². The molecule has 25 heavy (non-hydrogen) atoms. The minimum atomic E-state index is -0.679. The molecule has 1 amide bonds. The smallest absolute Gasteiger partial charge is 0.374 e. The van der Waals surface area contributed by atoms with Gasteiger partial charge in [-0.15, -0.1) is 0 Å². The number of amides is 1. The highest BCUT2D eigenvalue weighted by molar-refractivity contribution is 9.10. The first-order chi connectivity index (χ1) is 12.0. The summed E-state index contributed by atoms with van der Waals surface area (Å²) in [6, 6.07) is 9.01. The molecule has 0 spiro atoms. The van der Waals surface area contributed by atoms with Crippen molar-refractivity contribution in [2.75, 3.05) is 29.9 Å². The second-order valence-electron chi connectivity index (χ2n) is 5.92. The summed E-state index contributed by atoms with van der Waals surface area (Å²) in [7, 11) is 0. The summed E-state index contributed by atoms with van der Waals surface area (Å²) in [6.45, 7) is 3.72. The van der Waals surface area contributed by atoms with Crippen molar-refractivity contribution in [1.82, 2.24) is 0 Å². The number of esters is 1. The lowest BCUT2D eigenvalue weighted by molar-refractivity contribution is -0.119. The van der Waals surface area contributed by atoms with Crippen LogP contribution in [0.5, 0.6) is 0 Å². The number of furan rings is 1. The van der Waals surface area contributed by atoms with Gasteiger partial charge < -0.3 is 19.4 Å². The van der Waals surface area contributed by atoms with E-state index in [9.17, 15) is 9.59 Å². The summed E-state index contributed by atoms with van der Waals surface area (Å²) in [4.78, 5) is 26.1. The van der Waals surface area contributed by atoms with Gasteiger partial charge in [-0.1, -0.05) is 0 Å². The maximum absolute atomic E-state index is 12.0. The van der Waals surface area contributed by atoms with Crippen molar-refractivity contribution in [2.24, 2.45) is 0 Å². The van der Waals surface area contributed by atoms with Gasteiger partial charge in [0.05, 0.1) is 0 Å². The number of carbonyl (C=O) groups excluding carboxylic acids is 2. The number of halogens is 1. The van der Waals surface area contributed by atoms with Crippen LogP contribution in [-0.2, 0) is 9.53 Å². The second-order valence-corrected chi connectivity index (χ2v) is 6.70. The van der Waals surface area contributed by atoms with Gasteiger partial charge in [-0.25, -0.2) is 4.79 Å². The van der Waals surface area contributed by atoms with E-state index in [-0.39, 0.29) is 12.4 Å². The van der Waals surface area contributed by atoms with Crippen LogP contribution in [0.2, 0.25) is 0 Å². The molecule has 2 heterocycles. The fourth-order valence-electron chi connectivity index (χ4n) is 2.77. The van der Waals surface area contributed by atoms with E-state index in [0.29, 0.717) is 10.4 Å². The molecule has 1 aromatic carbocycles. The van der Waals surface area contributed by atoms with Crippen LogP contribution in [0.15, 0.2) is 39.4 Å². The SMILES string of the molecule is Cc1cc(N2CCCC2)ccc1NC(=O)COC(=O)c1ccc(Br)o1. The van der Waals surface area contributed by atoms with Crippen LogP contribution in [-0.4, -0.2) is 31.6 Å². The fraction of sp³-hybridized carbons (Fsp3) is 0.333. The van der Waals surface area contributed by atoms with Gasteiger partial charge in [0.15, 0.2) is 11.3 Å². The Morgan fingerprint density at radius 2 is 2.00 bits per heavy atom. The van der Waals surface area contributed by atoms with E-state index in [1.54, 1.807) is 6.07 Å². The summed E-state index contributed by atoms with van der Waals surface area (Å²) in [6.07, 6.45) is 2.43. The number of carbonyl (C=O) groups is 2. The molecule has 1 aliphatic heterocycles. The van der Waals surface area contributed by atoms with Crippen LogP contribution >= 0.6 is 15.9 Å². The number of anilines is 2. The molecular formula is C18H19BrN2O4. The largest absolute Gasteiger partial charge is 0.450 e. The Kier molecular flexibility index (Phi) is 5.43. The molecule has 0 radical (unpaired) electrons. The monoisotopic (exact) mass is 406 g/mol. The van der Waals surface area contributed by atoms with Crippen LogP contribution in [0.3, 0.4) is 0 Å². The Balaban J connectivity index is 1.54. The molecular weight excluding hydrogens is 388 g/mol. The Labute approximate surface area is 154 Å². The summed E-state index contributed by atoms with van der Waals surface area (Å²) in [5, 5.41) is 2.77. The number of aryl methyl sites for hydroxylation is 1. The zero-order chi connectivity index (χ0) is 17.8. The Hall–Kier alpha value is -2.28. The molecule has 132 valence electrons. The second kappa shape index (κ2) is 7.74. The van der Waals surface area contributed by atoms with Crippen molar-refractivity contribution in [2.45, 2.75) is 19.8 Å². The fourth-order valence-corrected chi connectivity index (χ4v) is 3.08. The Morgan fingerprint density at radius 3 is 2.64 bits per heavy atom. The van der Waals surface area contributed by atoms with Crippen molar-refractivity contribution < 1.29 is 18.7 Å². The number of benzene rings is 1. The van der Waals surface area contributed by atoms with Gasteiger partial charge in [-0.05, 0) is 71.6 Å². The lowest BCUT2D eigenvalue weighted by Crippen LogP contribution is -2.21. The number of hydrogen-bond acceptors (Lipinski definition) is 5. The number of nitrogens with one attached hydrogen (secondary N) is 1. The third-order valence-corrected chi connectivity index (χ3v) is 4.49. The maximum atomic E-state index is 12.0. The molecule has 1 fully saturated rings.